The average Bonchev–Trinajstić information content (AvgIpc) is 3.18. The number of carboxylic acid groups (broad SMARTS) is 1. The van der Waals surface area contributed by atoms with Gasteiger partial charge in [0.1, 0.15) is 6.04 Å². The molecule has 1 aromatic heterocycles. The van der Waals surface area contributed by atoms with Crippen LogP contribution in [-0.2, 0) is 4.79 Å². The van der Waals surface area contributed by atoms with Crippen LogP contribution in [0.4, 0.5) is 0 Å². The molecule has 3 rings (SSSR count). The van der Waals surface area contributed by atoms with Gasteiger partial charge in [-0.25, -0.2) is 4.79 Å². The van der Waals surface area contributed by atoms with Crippen molar-refractivity contribution in [3.05, 3.63) is 36.2 Å². The predicted octanol–water partition coefficient (Wildman–Crippen LogP) is 1.43. The topological polar surface area (TPSA) is 96.5 Å². The molecule has 1 atom stereocenters. The van der Waals surface area contributed by atoms with Crippen LogP contribution in [0, 0.1) is 0 Å². The van der Waals surface area contributed by atoms with Crippen LogP contribution in [0.5, 0.6) is 0 Å². The van der Waals surface area contributed by atoms with Crippen molar-refractivity contribution >= 4 is 11.9 Å². The molecule has 21 heavy (non-hydrogen) atoms. The van der Waals surface area contributed by atoms with Crippen LogP contribution in [0.2, 0.25) is 0 Å². The number of carboxylic acids is 1. The van der Waals surface area contributed by atoms with Crippen molar-refractivity contribution < 1.29 is 19.1 Å². The summed E-state index contributed by atoms with van der Waals surface area (Å²) in [6.07, 6.45) is 2.44. The number of amides is 1. The van der Waals surface area contributed by atoms with E-state index in [4.69, 9.17) is 9.52 Å². The molecule has 0 aliphatic carbocycles. The first-order valence-corrected chi connectivity index (χ1v) is 6.57. The second kappa shape index (κ2) is 5.35. The van der Waals surface area contributed by atoms with E-state index in [1.807, 2.05) is 0 Å². The van der Waals surface area contributed by atoms with Crippen molar-refractivity contribution in [3.8, 4) is 11.5 Å². The molecular weight excluding hydrogens is 274 g/mol. The molecule has 0 bridgehead atoms. The molecule has 2 aromatic rings. The summed E-state index contributed by atoms with van der Waals surface area (Å²) < 4.78 is 5.07. The van der Waals surface area contributed by atoms with Gasteiger partial charge in [0.15, 0.2) is 0 Å². The molecular formula is C14H13N3O4. The standard InChI is InChI=1S/C14H13N3O4/c18-13(17-7-1-2-11(17)14(19)20)10-5-3-9(4-6-10)12-16-15-8-21-12/h3-6,8,11H,1-2,7H2,(H,19,20)/t11-/m0/s1. The van der Waals surface area contributed by atoms with Gasteiger partial charge in [0.05, 0.1) is 0 Å². The molecule has 1 aliphatic heterocycles. The Morgan fingerprint density at radius 2 is 2.05 bits per heavy atom. The maximum Gasteiger partial charge on any atom is 0.326 e. The van der Waals surface area contributed by atoms with Crippen molar-refractivity contribution in [2.24, 2.45) is 0 Å². The largest absolute Gasteiger partial charge is 0.480 e. The van der Waals surface area contributed by atoms with Crippen LogP contribution in [0.3, 0.4) is 0 Å². The van der Waals surface area contributed by atoms with E-state index in [-0.39, 0.29) is 5.91 Å². The van der Waals surface area contributed by atoms with Gasteiger partial charge in [-0.2, -0.15) is 0 Å². The minimum atomic E-state index is -0.955. The molecule has 108 valence electrons. The fraction of sp³-hybridized carbons (Fsp3) is 0.286. The lowest BCUT2D eigenvalue weighted by Gasteiger charge is -2.21. The van der Waals surface area contributed by atoms with E-state index in [9.17, 15) is 9.59 Å². The Hall–Kier alpha value is -2.70. The molecule has 7 nitrogen and oxygen atoms in total. The first-order valence-electron chi connectivity index (χ1n) is 6.57. The zero-order valence-electron chi connectivity index (χ0n) is 11.1. The number of aromatic nitrogens is 2. The van der Waals surface area contributed by atoms with Gasteiger partial charge in [0.2, 0.25) is 12.3 Å². The second-order valence-corrected chi connectivity index (χ2v) is 4.82. The van der Waals surface area contributed by atoms with Crippen molar-refractivity contribution in [2.75, 3.05) is 6.54 Å². The third kappa shape index (κ3) is 2.49. The summed E-state index contributed by atoms with van der Waals surface area (Å²) >= 11 is 0. The smallest absolute Gasteiger partial charge is 0.326 e. The van der Waals surface area contributed by atoms with Crippen LogP contribution >= 0.6 is 0 Å². The van der Waals surface area contributed by atoms with Gasteiger partial charge in [-0.1, -0.05) is 0 Å². The van der Waals surface area contributed by atoms with Gasteiger partial charge in [-0.05, 0) is 37.1 Å². The summed E-state index contributed by atoms with van der Waals surface area (Å²) in [7, 11) is 0. The molecule has 1 fully saturated rings. The average molecular weight is 287 g/mol. The Balaban J connectivity index is 1.80. The molecule has 7 heteroatoms. The summed E-state index contributed by atoms with van der Waals surface area (Å²) in [4.78, 5) is 24.9. The molecule has 0 radical (unpaired) electrons. The summed E-state index contributed by atoms with van der Waals surface area (Å²) in [5.41, 5.74) is 1.16. The minimum absolute atomic E-state index is 0.267. The van der Waals surface area contributed by atoms with Gasteiger partial charge < -0.3 is 14.4 Å². The summed E-state index contributed by atoms with van der Waals surface area (Å²) in [5.74, 6) is -0.848. The number of hydrogen-bond donors (Lipinski definition) is 1. The Morgan fingerprint density at radius 3 is 2.67 bits per heavy atom. The van der Waals surface area contributed by atoms with Crippen molar-refractivity contribution in [1.82, 2.24) is 15.1 Å². The monoisotopic (exact) mass is 287 g/mol. The van der Waals surface area contributed by atoms with Gasteiger partial charge in [0, 0.05) is 17.7 Å². The number of rotatable bonds is 3. The maximum atomic E-state index is 12.4. The summed E-state index contributed by atoms with van der Waals surface area (Å²) in [5, 5.41) is 16.5. The van der Waals surface area contributed by atoms with Gasteiger partial charge in [-0.15, -0.1) is 10.2 Å². The highest BCUT2D eigenvalue weighted by Crippen LogP contribution is 2.22. The Kier molecular flexibility index (Phi) is 3.39. The number of carbonyl (C=O) groups is 2. The fourth-order valence-electron chi connectivity index (χ4n) is 2.49. The summed E-state index contributed by atoms with van der Waals surface area (Å²) in [6, 6.07) is 5.95. The lowest BCUT2D eigenvalue weighted by atomic mass is 10.1. The molecule has 0 spiro atoms. The minimum Gasteiger partial charge on any atom is -0.480 e. The van der Waals surface area contributed by atoms with Crippen molar-refractivity contribution in [2.45, 2.75) is 18.9 Å². The van der Waals surface area contributed by atoms with E-state index in [1.54, 1.807) is 24.3 Å². The lowest BCUT2D eigenvalue weighted by Crippen LogP contribution is -2.40. The number of nitrogens with zero attached hydrogens (tertiary/aromatic N) is 3. The predicted molar refractivity (Wildman–Crippen MR) is 71.4 cm³/mol. The first kappa shape index (κ1) is 13.3. The van der Waals surface area contributed by atoms with Crippen molar-refractivity contribution in [3.63, 3.8) is 0 Å². The number of aliphatic carboxylic acids is 1. The van der Waals surface area contributed by atoms with Gasteiger partial charge in [0.25, 0.3) is 5.91 Å². The number of likely N-dealkylation sites (tertiary alicyclic amines) is 1. The maximum absolute atomic E-state index is 12.4. The zero-order chi connectivity index (χ0) is 14.8. The molecule has 1 N–H and O–H groups in total. The molecule has 1 amide bonds. The Morgan fingerprint density at radius 1 is 1.29 bits per heavy atom. The van der Waals surface area contributed by atoms with Gasteiger partial charge in [-0.3, -0.25) is 4.79 Å². The van der Waals surface area contributed by atoms with Crippen LogP contribution < -0.4 is 0 Å². The zero-order valence-corrected chi connectivity index (χ0v) is 11.1. The Bertz CT molecular complexity index is 651. The number of benzene rings is 1. The highest BCUT2D eigenvalue weighted by molar-refractivity contribution is 5.97. The SMILES string of the molecule is O=C(O)[C@@H]1CCCN1C(=O)c1ccc(-c2nnco2)cc1. The fourth-order valence-corrected chi connectivity index (χ4v) is 2.49. The Labute approximate surface area is 120 Å². The van der Waals surface area contributed by atoms with Crippen LogP contribution in [-0.4, -0.2) is 44.7 Å². The van der Waals surface area contributed by atoms with Crippen LogP contribution in [0.25, 0.3) is 11.5 Å². The van der Waals surface area contributed by atoms with E-state index in [1.165, 1.54) is 11.3 Å². The van der Waals surface area contributed by atoms with Gasteiger partial charge >= 0.3 is 5.97 Å². The third-order valence-electron chi connectivity index (χ3n) is 3.54. The number of hydrogen-bond acceptors (Lipinski definition) is 5. The number of carbonyl (C=O) groups excluding carboxylic acids is 1. The van der Waals surface area contributed by atoms with Crippen LogP contribution in [0.1, 0.15) is 23.2 Å². The molecule has 1 saturated heterocycles. The first-order chi connectivity index (χ1) is 10.2. The molecule has 2 heterocycles. The molecule has 1 aliphatic rings. The molecule has 0 saturated carbocycles. The van der Waals surface area contributed by atoms with E-state index in [0.29, 0.717) is 36.4 Å². The third-order valence-corrected chi connectivity index (χ3v) is 3.54. The highest BCUT2D eigenvalue weighted by Gasteiger charge is 2.34. The van der Waals surface area contributed by atoms with E-state index in [0.717, 1.165) is 0 Å². The van der Waals surface area contributed by atoms with E-state index < -0.39 is 12.0 Å². The normalized spacial score (nSPS) is 17.9. The lowest BCUT2D eigenvalue weighted by molar-refractivity contribution is -0.141. The molecule has 1 aromatic carbocycles. The van der Waals surface area contributed by atoms with Crippen LogP contribution in [0.15, 0.2) is 35.1 Å². The summed E-state index contributed by atoms with van der Waals surface area (Å²) in [6.45, 7) is 0.473. The van der Waals surface area contributed by atoms with E-state index in [2.05, 4.69) is 10.2 Å². The quantitative estimate of drug-likeness (QED) is 0.917. The van der Waals surface area contributed by atoms with E-state index >= 15 is 0 Å². The highest BCUT2D eigenvalue weighted by atomic mass is 16.4. The van der Waals surface area contributed by atoms with Crippen molar-refractivity contribution in [1.29, 1.82) is 0 Å². The second-order valence-electron chi connectivity index (χ2n) is 4.82. The molecule has 0 unspecified atom stereocenters.